The predicted molar refractivity (Wildman–Crippen MR) is 70.8 cm³/mol. The van der Waals surface area contributed by atoms with Crippen LogP contribution < -0.4 is 5.32 Å². The molecule has 1 aromatic carbocycles. The first-order chi connectivity index (χ1) is 8.91. The molecule has 6 heteroatoms. The van der Waals surface area contributed by atoms with Crippen molar-refractivity contribution in [1.82, 2.24) is 0 Å². The van der Waals surface area contributed by atoms with Gasteiger partial charge in [-0.25, -0.2) is 8.42 Å². The molecule has 1 unspecified atom stereocenters. The Morgan fingerprint density at radius 2 is 1.89 bits per heavy atom. The second-order valence-corrected chi connectivity index (χ2v) is 5.90. The molecule has 0 amide bonds. The molecule has 19 heavy (non-hydrogen) atoms. The van der Waals surface area contributed by atoms with Gasteiger partial charge in [-0.3, -0.25) is 0 Å². The Labute approximate surface area is 111 Å². The highest BCUT2D eigenvalue weighted by molar-refractivity contribution is 7.91. The number of halogens is 2. The Balaban J connectivity index is 2.86. The zero-order chi connectivity index (χ0) is 14.5. The molecule has 0 aromatic heterocycles. The van der Waals surface area contributed by atoms with Crippen molar-refractivity contribution in [1.29, 1.82) is 0 Å². The number of alkyl halides is 2. The smallest absolute Gasteiger partial charge is 0.341 e. The van der Waals surface area contributed by atoms with Crippen molar-refractivity contribution in [3.8, 4) is 12.3 Å². The topological polar surface area (TPSA) is 46.2 Å². The van der Waals surface area contributed by atoms with E-state index in [9.17, 15) is 17.2 Å². The van der Waals surface area contributed by atoms with E-state index < -0.39 is 20.5 Å². The van der Waals surface area contributed by atoms with Crippen LogP contribution >= 0.6 is 0 Å². The van der Waals surface area contributed by atoms with E-state index in [1.54, 1.807) is 0 Å². The Morgan fingerprint density at radius 3 is 2.32 bits per heavy atom. The van der Waals surface area contributed by atoms with Crippen LogP contribution in [0.5, 0.6) is 0 Å². The van der Waals surface area contributed by atoms with E-state index in [0.29, 0.717) is 5.69 Å². The maximum absolute atomic E-state index is 12.3. The number of nitrogens with one attached hydrogen (secondary N) is 1. The van der Waals surface area contributed by atoms with Crippen molar-refractivity contribution in [2.75, 3.05) is 5.32 Å². The van der Waals surface area contributed by atoms with Crippen LogP contribution in [0.25, 0.3) is 0 Å². The number of hydrogen-bond acceptors (Lipinski definition) is 3. The summed E-state index contributed by atoms with van der Waals surface area (Å²) < 4.78 is 47.1. The van der Waals surface area contributed by atoms with Gasteiger partial charge >= 0.3 is 5.76 Å². The van der Waals surface area contributed by atoms with Gasteiger partial charge < -0.3 is 5.32 Å². The molecule has 0 saturated heterocycles. The molecule has 0 aliphatic heterocycles. The van der Waals surface area contributed by atoms with Gasteiger partial charge in [0.2, 0.25) is 9.84 Å². The molecule has 0 heterocycles. The summed E-state index contributed by atoms with van der Waals surface area (Å²) in [7, 11) is -4.54. The zero-order valence-corrected chi connectivity index (χ0v) is 11.3. The van der Waals surface area contributed by atoms with Crippen LogP contribution in [0.4, 0.5) is 14.5 Å². The van der Waals surface area contributed by atoms with E-state index in [0.717, 1.165) is 25.0 Å². The number of sulfone groups is 1. The zero-order valence-electron chi connectivity index (χ0n) is 10.4. The van der Waals surface area contributed by atoms with Crippen molar-refractivity contribution >= 4 is 15.5 Å². The van der Waals surface area contributed by atoms with Gasteiger partial charge in [0, 0.05) is 5.69 Å². The third-order valence-corrected chi connectivity index (χ3v) is 3.94. The third-order valence-electron chi connectivity index (χ3n) is 2.54. The van der Waals surface area contributed by atoms with Crippen LogP contribution in [0, 0.1) is 12.3 Å². The number of rotatable bonds is 6. The largest absolute Gasteiger partial charge is 0.372 e. The summed E-state index contributed by atoms with van der Waals surface area (Å²) in [4.78, 5) is -0.402. The molecular formula is C13H15F2NO2S. The van der Waals surface area contributed by atoms with E-state index >= 15 is 0 Å². The molecule has 0 spiro atoms. The Bertz CT molecular complexity index is 547. The monoisotopic (exact) mass is 287 g/mol. The Hall–Kier alpha value is -1.61. The van der Waals surface area contributed by atoms with E-state index in [4.69, 9.17) is 6.42 Å². The minimum absolute atomic E-state index is 0.164. The third kappa shape index (κ3) is 3.93. The van der Waals surface area contributed by atoms with Crippen LogP contribution in [0.2, 0.25) is 0 Å². The number of benzene rings is 1. The van der Waals surface area contributed by atoms with Crippen molar-refractivity contribution in [3.63, 3.8) is 0 Å². The fraction of sp³-hybridized carbons (Fsp3) is 0.385. The molecule has 1 rings (SSSR count). The van der Waals surface area contributed by atoms with Gasteiger partial charge in [-0.1, -0.05) is 19.3 Å². The van der Waals surface area contributed by atoms with Crippen molar-refractivity contribution in [2.24, 2.45) is 0 Å². The number of anilines is 1. The van der Waals surface area contributed by atoms with Gasteiger partial charge in [0.05, 0.1) is 10.9 Å². The van der Waals surface area contributed by atoms with E-state index in [1.165, 1.54) is 12.1 Å². The first-order valence-corrected chi connectivity index (χ1v) is 7.31. The molecule has 0 radical (unpaired) electrons. The normalized spacial score (nSPS) is 13.0. The summed E-state index contributed by atoms with van der Waals surface area (Å²) in [5.41, 5.74) is 0.601. The minimum atomic E-state index is -4.54. The van der Waals surface area contributed by atoms with Crippen LogP contribution in [0.3, 0.4) is 0 Å². The van der Waals surface area contributed by atoms with Crippen molar-refractivity contribution < 1.29 is 17.2 Å². The fourth-order valence-electron chi connectivity index (χ4n) is 1.53. The molecule has 1 N–H and O–H groups in total. The lowest BCUT2D eigenvalue weighted by molar-refractivity contribution is 0.234. The standard InChI is InChI=1S/C13H15F2NO2S/c1-3-5-10(4-2)16-11-6-8-12(9-7-11)19(17,18)13(14)15/h2,6-10,13,16H,3,5H2,1H3. The second-order valence-electron chi connectivity index (χ2n) is 3.98. The molecule has 0 aliphatic rings. The molecule has 1 atom stereocenters. The highest BCUT2D eigenvalue weighted by Gasteiger charge is 2.26. The predicted octanol–water partition coefficient (Wildman–Crippen LogP) is 2.90. The fourth-order valence-corrected chi connectivity index (χ4v) is 2.25. The first kappa shape index (κ1) is 15.4. The summed E-state index contributed by atoms with van der Waals surface area (Å²) in [6.07, 6.45) is 7.01. The second kappa shape index (κ2) is 6.53. The molecule has 0 bridgehead atoms. The van der Waals surface area contributed by atoms with Crippen LogP contribution in [0.1, 0.15) is 19.8 Å². The maximum Gasteiger partial charge on any atom is 0.341 e. The average molecular weight is 287 g/mol. The molecule has 1 aromatic rings. The molecule has 104 valence electrons. The Morgan fingerprint density at radius 1 is 1.32 bits per heavy atom. The van der Waals surface area contributed by atoms with Crippen LogP contribution in [0.15, 0.2) is 29.2 Å². The van der Waals surface area contributed by atoms with Gasteiger partial charge in [-0.2, -0.15) is 8.78 Å². The van der Waals surface area contributed by atoms with Crippen LogP contribution in [-0.4, -0.2) is 20.2 Å². The molecule has 0 saturated carbocycles. The highest BCUT2D eigenvalue weighted by Crippen LogP contribution is 2.20. The van der Waals surface area contributed by atoms with Gasteiger partial charge in [-0.05, 0) is 30.7 Å². The van der Waals surface area contributed by atoms with Crippen molar-refractivity contribution in [3.05, 3.63) is 24.3 Å². The first-order valence-electron chi connectivity index (χ1n) is 5.76. The van der Waals surface area contributed by atoms with Gasteiger partial charge in [0.15, 0.2) is 0 Å². The average Bonchev–Trinajstić information content (AvgIpc) is 2.38. The summed E-state index contributed by atoms with van der Waals surface area (Å²) in [5, 5.41) is 3.02. The Kier molecular flexibility index (Phi) is 5.31. The van der Waals surface area contributed by atoms with Crippen molar-refractivity contribution in [2.45, 2.75) is 36.5 Å². The number of terminal acetylenes is 1. The molecular weight excluding hydrogens is 272 g/mol. The summed E-state index contributed by atoms with van der Waals surface area (Å²) in [5.74, 6) is -0.847. The van der Waals surface area contributed by atoms with Gasteiger partial charge in [0.25, 0.3) is 0 Å². The molecule has 0 fully saturated rings. The summed E-state index contributed by atoms with van der Waals surface area (Å²) >= 11 is 0. The van der Waals surface area contributed by atoms with Crippen LogP contribution in [-0.2, 0) is 9.84 Å². The summed E-state index contributed by atoms with van der Waals surface area (Å²) in [6, 6.07) is 4.97. The summed E-state index contributed by atoms with van der Waals surface area (Å²) in [6.45, 7) is 1.99. The van der Waals surface area contributed by atoms with Gasteiger partial charge in [-0.15, -0.1) is 6.42 Å². The quantitative estimate of drug-likeness (QED) is 0.818. The number of hydrogen-bond donors (Lipinski definition) is 1. The lowest BCUT2D eigenvalue weighted by Gasteiger charge is -2.13. The molecule has 0 aliphatic carbocycles. The lowest BCUT2D eigenvalue weighted by Crippen LogP contribution is -2.17. The SMILES string of the molecule is C#CC(CCC)Nc1ccc(S(=O)(=O)C(F)F)cc1. The maximum atomic E-state index is 12.3. The van der Waals surface area contributed by atoms with E-state index in [1.807, 2.05) is 6.92 Å². The minimum Gasteiger partial charge on any atom is -0.372 e. The molecule has 3 nitrogen and oxygen atoms in total. The van der Waals surface area contributed by atoms with E-state index in [2.05, 4.69) is 11.2 Å². The lowest BCUT2D eigenvalue weighted by atomic mass is 10.1. The van der Waals surface area contributed by atoms with Gasteiger partial charge in [0.1, 0.15) is 0 Å². The van der Waals surface area contributed by atoms with E-state index in [-0.39, 0.29) is 6.04 Å². The highest BCUT2D eigenvalue weighted by atomic mass is 32.2.